The molecule has 1 aliphatic heterocycles. The van der Waals surface area contributed by atoms with Crippen molar-refractivity contribution in [2.45, 2.75) is 76.7 Å². The SMILES string of the molecule is CC(=O)OC[C@H]1O[C@@H](NC(=O)C[C@H](NC(=O)OCC2c3ccccc3-c3ccccc32)C(=O)O)[C@H](OC(C)=O)[C@@H](OC(C)=O)[C@H]1OC(C)=O. The summed E-state index contributed by atoms with van der Waals surface area (Å²) in [4.78, 5) is 85.5. The fourth-order valence-electron chi connectivity index (χ4n) is 5.73. The lowest BCUT2D eigenvalue weighted by atomic mass is 9.97. The summed E-state index contributed by atoms with van der Waals surface area (Å²) >= 11 is 0. The monoisotopic (exact) mass is 684 g/mol. The highest BCUT2D eigenvalue weighted by Gasteiger charge is 2.52. The van der Waals surface area contributed by atoms with E-state index in [2.05, 4.69) is 10.6 Å². The molecule has 0 saturated carbocycles. The van der Waals surface area contributed by atoms with Gasteiger partial charge in [0.05, 0.1) is 6.42 Å². The Morgan fingerprint density at radius 2 is 1.24 bits per heavy atom. The van der Waals surface area contributed by atoms with Gasteiger partial charge in [0.15, 0.2) is 24.5 Å². The lowest BCUT2D eigenvalue weighted by molar-refractivity contribution is -0.257. The second-order valence-corrected chi connectivity index (χ2v) is 11.3. The average Bonchev–Trinajstić information content (AvgIpc) is 3.34. The van der Waals surface area contributed by atoms with Crippen LogP contribution in [0.1, 0.15) is 51.2 Å². The molecule has 16 heteroatoms. The molecule has 0 aromatic heterocycles. The minimum atomic E-state index is -1.78. The predicted octanol–water partition coefficient (Wildman–Crippen LogP) is 1.57. The number of benzene rings is 2. The lowest BCUT2D eigenvalue weighted by Crippen LogP contribution is -2.66. The zero-order chi connectivity index (χ0) is 35.8. The Kier molecular flexibility index (Phi) is 11.9. The molecule has 6 atom stereocenters. The molecule has 0 bridgehead atoms. The first-order chi connectivity index (χ1) is 23.2. The third-order valence-corrected chi connectivity index (χ3v) is 7.62. The van der Waals surface area contributed by atoms with Crippen LogP contribution in [0, 0.1) is 0 Å². The summed E-state index contributed by atoms with van der Waals surface area (Å²) in [6.07, 6.45) is -9.53. The van der Waals surface area contributed by atoms with Crippen LogP contribution in [-0.2, 0) is 57.2 Å². The number of hydrogen-bond acceptors (Lipinski definition) is 13. The number of rotatable bonds is 12. The maximum atomic E-state index is 13.2. The smallest absolute Gasteiger partial charge is 0.407 e. The van der Waals surface area contributed by atoms with Crippen molar-refractivity contribution in [2.24, 2.45) is 0 Å². The Bertz CT molecular complexity index is 1560. The fourth-order valence-corrected chi connectivity index (χ4v) is 5.73. The van der Waals surface area contributed by atoms with Crippen molar-refractivity contribution in [1.29, 1.82) is 0 Å². The van der Waals surface area contributed by atoms with E-state index in [0.717, 1.165) is 49.9 Å². The van der Waals surface area contributed by atoms with Gasteiger partial charge in [-0.05, 0) is 22.3 Å². The van der Waals surface area contributed by atoms with Crippen LogP contribution >= 0.6 is 0 Å². The van der Waals surface area contributed by atoms with Gasteiger partial charge in [0.2, 0.25) is 5.91 Å². The van der Waals surface area contributed by atoms with Gasteiger partial charge in [-0.15, -0.1) is 0 Å². The topological polar surface area (TPSA) is 219 Å². The maximum Gasteiger partial charge on any atom is 0.407 e. The second kappa shape index (κ2) is 16.1. The lowest BCUT2D eigenvalue weighted by Gasteiger charge is -2.44. The van der Waals surface area contributed by atoms with Crippen LogP contribution in [0.5, 0.6) is 0 Å². The van der Waals surface area contributed by atoms with Gasteiger partial charge in [-0.2, -0.15) is 0 Å². The van der Waals surface area contributed by atoms with Gasteiger partial charge in [-0.3, -0.25) is 24.0 Å². The van der Waals surface area contributed by atoms with Crippen molar-refractivity contribution in [2.75, 3.05) is 13.2 Å². The number of carboxylic acid groups (broad SMARTS) is 1. The molecule has 2 amide bonds. The van der Waals surface area contributed by atoms with E-state index in [1.807, 2.05) is 48.5 Å². The molecule has 2 aromatic carbocycles. The molecule has 3 N–H and O–H groups in total. The molecule has 1 aliphatic carbocycles. The summed E-state index contributed by atoms with van der Waals surface area (Å²) in [6.45, 7) is 3.57. The molecule has 2 aromatic rings. The summed E-state index contributed by atoms with van der Waals surface area (Å²) < 4.78 is 32.1. The number of carboxylic acids is 1. The summed E-state index contributed by atoms with van der Waals surface area (Å²) in [5, 5.41) is 14.3. The van der Waals surface area contributed by atoms with Crippen LogP contribution in [0.4, 0.5) is 4.79 Å². The molecule has 262 valence electrons. The molecular weight excluding hydrogens is 648 g/mol. The standard InChI is InChI=1S/C33H36N2O14/c1-16(36)44-15-26-28(46-17(2)37)29(47-18(3)38)30(48-19(4)39)31(49-26)35-27(40)13-25(32(41)42)34-33(43)45-14-24-22-11-7-5-9-20(22)21-10-6-8-12-23(21)24/h5-12,24-26,28-31H,13-15H2,1-4H3,(H,34,43)(H,35,40)(H,41,42)/t25-,26+,28-,29-,30+,31+/m0/s1. The number of fused-ring (bicyclic) bond motifs is 3. The summed E-state index contributed by atoms with van der Waals surface area (Å²) in [6, 6.07) is 13.5. The van der Waals surface area contributed by atoms with Crippen LogP contribution in [0.3, 0.4) is 0 Å². The van der Waals surface area contributed by atoms with Gasteiger partial charge in [0.1, 0.15) is 25.4 Å². The van der Waals surface area contributed by atoms with E-state index in [1.165, 1.54) is 0 Å². The molecule has 1 heterocycles. The highest BCUT2D eigenvalue weighted by atomic mass is 16.7. The Balaban J connectivity index is 1.46. The van der Waals surface area contributed by atoms with Gasteiger partial charge in [0.25, 0.3) is 0 Å². The zero-order valence-corrected chi connectivity index (χ0v) is 27.0. The first-order valence-corrected chi connectivity index (χ1v) is 15.2. The minimum Gasteiger partial charge on any atom is -0.480 e. The number of esters is 4. The molecule has 1 saturated heterocycles. The highest BCUT2D eigenvalue weighted by molar-refractivity contribution is 5.87. The Morgan fingerprint density at radius 3 is 1.78 bits per heavy atom. The number of ether oxygens (including phenoxy) is 6. The Morgan fingerprint density at radius 1 is 0.714 bits per heavy atom. The van der Waals surface area contributed by atoms with E-state index in [1.54, 1.807) is 0 Å². The van der Waals surface area contributed by atoms with E-state index >= 15 is 0 Å². The van der Waals surface area contributed by atoms with E-state index in [4.69, 9.17) is 28.4 Å². The third-order valence-electron chi connectivity index (χ3n) is 7.62. The number of aliphatic carboxylic acids is 1. The van der Waals surface area contributed by atoms with Crippen molar-refractivity contribution in [1.82, 2.24) is 10.6 Å². The first kappa shape index (κ1) is 36.3. The highest BCUT2D eigenvalue weighted by Crippen LogP contribution is 2.44. The zero-order valence-electron chi connectivity index (χ0n) is 27.0. The van der Waals surface area contributed by atoms with Crippen LogP contribution in [0.15, 0.2) is 48.5 Å². The number of alkyl carbamates (subject to hydrolysis) is 1. The van der Waals surface area contributed by atoms with Gasteiger partial charge >= 0.3 is 35.9 Å². The average molecular weight is 685 g/mol. The van der Waals surface area contributed by atoms with Gasteiger partial charge in [-0.25, -0.2) is 9.59 Å². The summed E-state index contributed by atoms with van der Waals surface area (Å²) in [5.41, 5.74) is 3.87. The van der Waals surface area contributed by atoms with Crippen molar-refractivity contribution in [3.8, 4) is 11.1 Å². The van der Waals surface area contributed by atoms with Crippen LogP contribution < -0.4 is 10.6 Å². The normalized spacial score (nSPS) is 21.5. The number of hydrogen-bond donors (Lipinski definition) is 3. The van der Waals surface area contributed by atoms with E-state index in [-0.39, 0.29) is 12.5 Å². The molecule has 0 spiro atoms. The largest absolute Gasteiger partial charge is 0.480 e. The predicted molar refractivity (Wildman–Crippen MR) is 164 cm³/mol. The van der Waals surface area contributed by atoms with E-state index < -0.39 is 91.6 Å². The van der Waals surface area contributed by atoms with Gasteiger partial charge in [0, 0.05) is 33.6 Å². The molecule has 4 rings (SSSR count). The minimum absolute atomic E-state index is 0.108. The number of carbonyl (C=O) groups is 7. The molecule has 16 nitrogen and oxygen atoms in total. The fraction of sp³-hybridized carbons (Fsp3) is 0.424. The summed E-state index contributed by atoms with van der Waals surface area (Å²) in [5.74, 6) is -6.22. The quantitative estimate of drug-likeness (QED) is 0.214. The second-order valence-electron chi connectivity index (χ2n) is 11.3. The molecule has 0 radical (unpaired) electrons. The number of nitrogens with one attached hydrogen (secondary N) is 2. The van der Waals surface area contributed by atoms with Gasteiger partial charge < -0.3 is 44.2 Å². The first-order valence-electron chi connectivity index (χ1n) is 15.2. The van der Waals surface area contributed by atoms with Crippen molar-refractivity contribution >= 4 is 41.8 Å². The van der Waals surface area contributed by atoms with E-state index in [9.17, 15) is 38.7 Å². The third kappa shape index (κ3) is 9.31. The molecule has 0 unspecified atom stereocenters. The Labute approximate surface area is 280 Å². The Hall–Kier alpha value is -5.51. The van der Waals surface area contributed by atoms with E-state index in [0.29, 0.717) is 0 Å². The molecule has 49 heavy (non-hydrogen) atoms. The van der Waals surface area contributed by atoms with Crippen molar-refractivity contribution in [3.05, 3.63) is 59.7 Å². The molecule has 2 aliphatic rings. The van der Waals surface area contributed by atoms with Crippen LogP contribution in [0.2, 0.25) is 0 Å². The van der Waals surface area contributed by atoms with Gasteiger partial charge in [-0.1, -0.05) is 48.5 Å². The number of carbonyl (C=O) groups excluding carboxylic acids is 6. The van der Waals surface area contributed by atoms with Crippen LogP contribution in [-0.4, -0.2) is 96.9 Å². The summed E-state index contributed by atoms with van der Waals surface area (Å²) in [7, 11) is 0. The molecule has 1 fully saturated rings. The van der Waals surface area contributed by atoms with Crippen molar-refractivity contribution in [3.63, 3.8) is 0 Å². The van der Waals surface area contributed by atoms with Crippen LogP contribution in [0.25, 0.3) is 11.1 Å². The van der Waals surface area contributed by atoms with Crippen molar-refractivity contribution < 1.29 is 67.1 Å². The molecular formula is C33H36N2O14. The maximum absolute atomic E-state index is 13.2. The number of amides is 2.